The van der Waals surface area contributed by atoms with Crippen molar-refractivity contribution >= 4 is 12.6 Å². The first-order valence-corrected chi connectivity index (χ1v) is 3.96. The number of rotatable bonds is 3. The van der Waals surface area contributed by atoms with Crippen LogP contribution in [-0.2, 0) is 13.2 Å². The van der Waals surface area contributed by atoms with Gasteiger partial charge in [-0.25, -0.2) is 0 Å². The topological polar surface area (TPSA) is 50.9 Å². The van der Waals surface area contributed by atoms with E-state index in [-0.39, 0.29) is 6.61 Å². The second kappa shape index (κ2) is 3.73. The van der Waals surface area contributed by atoms with Gasteiger partial charge in [0.1, 0.15) is 6.61 Å². The molecule has 0 saturated carbocycles. The molecule has 62 valence electrons. The molecule has 0 fully saturated rings. The zero-order valence-corrected chi connectivity index (χ0v) is 7.25. The number of nitrogens with zero attached hydrogens (tertiary/aromatic N) is 3. The maximum Gasteiger partial charge on any atom is 0.188 e. The number of aromatic nitrogens is 3. The molecule has 0 amide bonds. The Balaban J connectivity index is 2.88. The van der Waals surface area contributed by atoms with Crippen molar-refractivity contribution in [3.8, 4) is 0 Å². The van der Waals surface area contributed by atoms with Crippen LogP contribution in [0.2, 0.25) is 0 Å². The summed E-state index contributed by atoms with van der Waals surface area (Å²) in [6.07, 6.45) is 0.985. The smallest absolute Gasteiger partial charge is 0.188 e. The first-order valence-electron chi connectivity index (χ1n) is 3.51. The van der Waals surface area contributed by atoms with Crippen molar-refractivity contribution in [3.63, 3.8) is 0 Å². The van der Waals surface area contributed by atoms with Crippen LogP contribution in [0.4, 0.5) is 0 Å². The van der Waals surface area contributed by atoms with Crippen molar-refractivity contribution in [2.24, 2.45) is 0 Å². The van der Waals surface area contributed by atoms with Crippen LogP contribution in [0.3, 0.4) is 0 Å². The van der Waals surface area contributed by atoms with E-state index in [9.17, 15) is 0 Å². The molecule has 0 bridgehead atoms. The van der Waals surface area contributed by atoms with E-state index in [0.717, 1.165) is 13.0 Å². The minimum absolute atomic E-state index is 0.0758. The summed E-state index contributed by atoms with van der Waals surface area (Å²) >= 11 is 4.08. The van der Waals surface area contributed by atoms with Gasteiger partial charge in [0.15, 0.2) is 11.0 Å². The Morgan fingerprint density at radius 1 is 1.55 bits per heavy atom. The van der Waals surface area contributed by atoms with E-state index >= 15 is 0 Å². The van der Waals surface area contributed by atoms with Crippen molar-refractivity contribution in [2.45, 2.75) is 31.7 Å². The lowest BCUT2D eigenvalue weighted by Gasteiger charge is -2.02. The minimum Gasteiger partial charge on any atom is -0.388 e. The van der Waals surface area contributed by atoms with Crippen LogP contribution in [-0.4, -0.2) is 19.9 Å². The summed E-state index contributed by atoms with van der Waals surface area (Å²) in [6, 6.07) is 0. The Bertz CT molecular complexity index is 236. The zero-order chi connectivity index (χ0) is 8.27. The van der Waals surface area contributed by atoms with Gasteiger partial charge in [-0.05, 0) is 6.42 Å². The predicted octanol–water partition coefficient (Wildman–Crippen LogP) is 0.469. The highest BCUT2D eigenvalue weighted by molar-refractivity contribution is 7.80. The quantitative estimate of drug-likeness (QED) is 0.653. The first kappa shape index (κ1) is 8.55. The van der Waals surface area contributed by atoms with Crippen LogP contribution in [0.5, 0.6) is 0 Å². The molecule has 0 aliphatic rings. The van der Waals surface area contributed by atoms with Crippen LogP contribution >= 0.6 is 12.6 Å². The van der Waals surface area contributed by atoms with E-state index in [1.807, 2.05) is 6.92 Å². The third-order valence-corrected chi connectivity index (χ3v) is 1.73. The summed E-state index contributed by atoms with van der Waals surface area (Å²) in [5.41, 5.74) is 0. The summed E-state index contributed by atoms with van der Waals surface area (Å²) in [6.45, 7) is 2.78. The molecule has 0 saturated heterocycles. The van der Waals surface area contributed by atoms with Gasteiger partial charge >= 0.3 is 0 Å². The van der Waals surface area contributed by atoms with Crippen LogP contribution in [0.15, 0.2) is 5.16 Å². The van der Waals surface area contributed by atoms with E-state index in [4.69, 9.17) is 5.11 Å². The molecular formula is C6H11N3OS. The Morgan fingerprint density at radius 3 is 2.82 bits per heavy atom. The fraction of sp³-hybridized carbons (Fsp3) is 0.667. The molecule has 1 N–H and O–H groups in total. The van der Waals surface area contributed by atoms with Crippen LogP contribution in [0, 0.1) is 0 Å². The highest BCUT2D eigenvalue weighted by atomic mass is 32.1. The summed E-state index contributed by atoms with van der Waals surface area (Å²) in [7, 11) is 0. The van der Waals surface area contributed by atoms with Gasteiger partial charge in [0.25, 0.3) is 0 Å². The second-order valence-corrected chi connectivity index (χ2v) is 2.63. The fourth-order valence-corrected chi connectivity index (χ4v) is 1.16. The molecule has 4 nitrogen and oxygen atoms in total. The third kappa shape index (κ3) is 1.72. The van der Waals surface area contributed by atoms with Crippen LogP contribution in [0.1, 0.15) is 19.2 Å². The van der Waals surface area contributed by atoms with Crippen molar-refractivity contribution in [1.82, 2.24) is 14.8 Å². The summed E-state index contributed by atoms with van der Waals surface area (Å²) in [4.78, 5) is 0. The second-order valence-electron chi connectivity index (χ2n) is 2.23. The van der Waals surface area contributed by atoms with Crippen LogP contribution in [0.25, 0.3) is 0 Å². The number of aliphatic hydroxyl groups is 1. The van der Waals surface area contributed by atoms with Gasteiger partial charge in [0, 0.05) is 6.54 Å². The fourth-order valence-electron chi connectivity index (χ4n) is 0.895. The van der Waals surface area contributed by atoms with Gasteiger partial charge in [-0.3, -0.25) is 0 Å². The molecule has 1 heterocycles. The van der Waals surface area contributed by atoms with Gasteiger partial charge in [0.05, 0.1) is 0 Å². The number of aliphatic hydroxyl groups excluding tert-OH is 1. The Kier molecular flexibility index (Phi) is 2.90. The first-order chi connectivity index (χ1) is 5.29. The van der Waals surface area contributed by atoms with Gasteiger partial charge in [0.2, 0.25) is 0 Å². The number of thiol groups is 1. The van der Waals surface area contributed by atoms with E-state index in [2.05, 4.69) is 22.8 Å². The third-order valence-electron chi connectivity index (χ3n) is 1.40. The molecule has 1 aromatic heterocycles. The normalized spacial score (nSPS) is 10.5. The maximum absolute atomic E-state index is 8.80. The molecule has 0 aliphatic heterocycles. The summed E-state index contributed by atoms with van der Waals surface area (Å²) in [5.74, 6) is 0.580. The van der Waals surface area contributed by atoms with Crippen molar-refractivity contribution in [3.05, 3.63) is 5.82 Å². The molecule has 5 heteroatoms. The number of hydrogen-bond acceptors (Lipinski definition) is 4. The van der Waals surface area contributed by atoms with Crippen molar-refractivity contribution in [1.29, 1.82) is 0 Å². The standard InChI is InChI=1S/C6H11N3OS/c1-2-3-9-5(4-10)7-8-6(9)11/h10H,2-4H2,1H3,(H,8,11). The number of hydrogen-bond donors (Lipinski definition) is 2. The van der Waals surface area contributed by atoms with Gasteiger partial charge in [-0.1, -0.05) is 6.92 Å². The highest BCUT2D eigenvalue weighted by Gasteiger charge is 2.05. The van der Waals surface area contributed by atoms with Crippen LogP contribution < -0.4 is 0 Å². The summed E-state index contributed by atoms with van der Waals surface area (Å²) < 4.78 is 1.79. The lowest BCUT2D eigenvalue weighted by atomic mass is 10.4. The molecule has 0 radical (unpaired) electrons. The summed E-state index contributed by atoms with van der Waals surface area (Å²) in [5, 5.41) is 16.8. The predicted molar refractivity (Wildman–Crippen MR) is 43.5 cm³/mol. The van der Waals surface area contributed by atoms with E-state index < -0.39 is 0 Å². The van der Waals surface area contributed by atoms with Gasteiger partial charge in [-0.15, -0.1) is 22.8 Å². The maximum atomic E-state index is 8.80. The molecule has 0 unspecified atom stereocenters. The molecule has 1 rings (SSSR count). The average Bonchev–Trinajstić information content (AvgIpc) is 2.34. The monoisotopic (exact) mass is 173 g/mol. The molecule has 11 heavy (non-hydrogen) atoms. The Hall–Kier alpha value is -0.550. The minimum atomic E-state index is -0.0758. The lowest BCUT2D eigenvalue weighted by molar-refractivity contribution is 0.263. The molecule has 0 aliphatic carbocycles. The SMILES string of the molecule is CCCn1c(S)nnc1CO. The molecular weight excluding hydrogens is 162 g/mol. The highest BCUT2D eigenvalue weighted by Crippen LogP contribution is 2.06. The van der Waals surface area contributed by atoms with E-state index in [0.29, 0.717) is 11.0 Å². The van der Waals surface area contributed by atoms with Gasteiger partial charge < -0.3 is 9.67 Å². The van der Waals surface area contributed by atoms with E-state index in [1.165, 1.54) is 0 Å². The Labute approximate surface area is 70.7 Å². The van der Waals surface area contributed by atoms with E-state index in [1.54, 1.807) is 4.57 Å². The molecule has 0 spiro atoms. The zero-order valence-electron chi connectivity index (χ0n) is 6.36. The lowest BCUT2D eigenvalue weighted by Crippen LogP contribution is -2.03. The van der Waals surface area contributed by atoms with Crippen molar-refractivity contribution in [2.75, 3.05) is 0 Å². The largest absolute Gasteiger partial charge is 0.388 e. The van der Waals surface area contributed by atoms with Gasteiger partial charge in [-0.2, -0.15) is 0 Å². The molecule has 1 aromatic rings. The average molecular weight is 173 g/mol. The molecule has 0 aromatic carbocycles. The Morgan fingerprint density at radius 2 is 2.27 bits per heavy atom. The molecule has 0 atom stereocenters. The van der Waals surface area contributed by atoms with Crippen molar-refractivity contribution < 1.29 is 5.11 Å².